The van der Waals surface area contributed by atoms with E-state index in [9.17, 15) is 4.21 Å². The van der Waals surface area contributed by atoms with Crippen LogP contribution in [0.15, 0.2) is 24.3 Å². The van der Waals surface area contributed by atoms with E-state index in [0.717, 1.165) is 23.7 Å². The first kappa shape index (κ1) is 14.4. The van der Waals surface area contributed by atoms with Gasteiger partial charge in [-0.1, -0.05) is 18.9 Å². The van der Waals surface area contributed by atoms with Crippen LogP contribution in [0.25, 0.3) is 0 Å². The van der Waals surface area contributed by atoms with Gasteiger partial charge in [-0.05, 0) is 37.3 Å². The van der Waals surface area contributed by atoms with Crippen LogP contribution in [0.4, 0.5) is 5.69 Å². The first-order valence-electron chi connectivity index (χ1n) is 7.07. The predicted octanol–water partition coefficient (Wildman–Crippen LogP) is 2.98. The second kappa shape index (κ2) is 7.53. The summed E-state index contributed by atoms with van der Waals surface area (Å²) < 4.78 is 17.5. The molecule has 2 N–H and O–H groups in total. The molecule has 0 aromatic heterocycles. The molecule has 1 aliphatic rings. The zero-order chi connectivity index (χ0) is 13.5. The average molecular weight is 281 g/mol. The number of hydrogen-bond donors (Lipinski definition) is 1. The van der Waals surface area contributed by atoms with Crippen molar-refractivity contribution in [1.29, 1.82) is 0 Å². The largest absolute Gasteiger partial charge is 0.493 e. The van der Waals surface area contributed by atoms with Crippen LogP contribution < -0.4 is 10.5 Å². The van der Waals surface area contributed by atoms with E-state index in [-0.39, 0.29) is 0 Å². The summed E-state index contributed by atoms with van der Waals surface area (Å²) in [6.07, 6.45) is 6.02. The molecule has 0 spiro atoms. The van der Waals surface area contributed by atoms with Gasteiger partial charge in [-0.3, -0.25) is 4.21 Å². The van der Waals surface area contributed by atoms with Gasteiger partial charge in [-0.25, -0.2) is 0 Å². The minimum absolute atomic E-state index is 0.611. The maximum atomic E-state index is 11.9. The Bertz CT molecular complexity index is 416. The number of ether oxygens (including phenoxy) is 1. The molecule has 106 valence electrons. The standard InChI is InChI=1S/C15H23NO2S/c16-14-7-3-8-15(11-14)18-9-4-10-19(17)12-13-5-1-2-6-13/h3,7-8,11,13H,1-2,4-6,9-10,12,16H2. The van der Waals surface area contributed by atoms with Gasteiger partial charge in [0.15, 0.2) is 0 Å². The van der Waals surface area contributed by atoms with Crippen LogP contribution in [0.1, 0.15) is 32.1 Å². The molecule has 0 amide bonds. The molecule has 0 bridgehead atoms. The lowest BCUT2D eigenvalue weighted by molar-refractivity contribution is 0.318. The molecule has 2 rings (SSSR count). The molecule has 0 aliphatic heterocycles. The third-order valence-electron chi connectivity index (χ3n) is 3.54. The fraction of sp³-hybridized carbons (Fsp3) is 0.600. The van der Waals surface area contributed by atoms with Crippen molar-refractivity contribution < 1.29 is 8.95 Å². The molecule has 1 unspecified atom stereocenters. The van der Waals surface area contributed by atoms with E-state index in [1.165, 1.54) is 25.7 Å². The quantitative estimate of drug-likeness (QED) is 0.617. The monoisotopic (exact) mass is 281 g/mol. The summed E-state index contributed by atoms with van der Waals surface area (Å²) in [5.41, 5.74) is 6.38. The highest BCUT2D eigenvalue weighted by atomic mass is 32.2. The molecule has 1 atom stereocenters. The van der Waals surface area contributed by atoms with E-state index in [4.69, 9.17) is 10.5 Å². The van der Waals surface area contributed by atoms with Crippen molar-refractivity contribution in [2.45, 2.75) is 32.1 Å². The van der Waals surface area contributed by atoms with Gasteiger partial charge in [0, 0.05) is 34.1 Å². The second-order valence-corrected chi connectivity index (χ2v) is 6.86. The first-order chi connectivity index (χ1) is 9.24. The van der Waals surface area contributed by atoms with E-state index in [1.807, 2.05) is 24.3 Å². The number of hydrogen-bond acceptors (Lipinski definition) is 3. The topological polar surface area (TPSA) is 52.3 Å². The lowest BCUT2D eigenvalue weighted by Gasteiger charge is -2.09. The lowest BCUT2D eigenvalue weighted by atomic mass is 10.1. The fourth-order valence-electron chi connectivity index (χ4n) is 2.54. The molecule has 19 heavy (non-hydrogen) atoms. The molecule has 0 saturated heterocycles. The zero-order valence-corrected chi connectivity index (χ0v) is 12.2. The van der Waals surface area contributed by atoms with E-state index < -0.39 is 10.8 Å². The molecule has 1 aromatic carbocycles. The minimum Gasteiger partial charge on any atom is -0.493 e. The van der Waals surface area contributed by atoms with Gasteiger partial charge in [0.05, 0.1) is 6.61 Å². The first-order valence-corrected chi connectivity index (χ1v) is 8.56. The summed E-state index contributed by atoms with van der Waals surface area (Å²) in [6.45, 7) is 0.611. The Morgan fingerprint density at radius 3 is 2.84 bits per heavy atom. The summed E-state index contributed by atoms with van der Waals surface area (Å²) >= 11 is 0. The third-order valence-corrected chi connectivity index (χ3v) is 5.13. The highest BCUT2D eigenvalue weighted by molar-refractivity contribution is 7.84. The number of nitrogen functional groups attached to an aromatic ring is 1. The van der Waals surface area contributed by atoms with Gasteiger partial charge in [-0.15, -0.1) is 0 Å². The normalized spacial score (nSPS) is 17.5. The van der Waals surface area contributed by atoms with Gasteiger partial charge in [-0.2, -0.15) is 0 Å². The maximum Gasteiger partial charge on any atom is 0.121 e. The van der Waals surface area contributed by atoms with Gasteiger partial charge in [0.25, 0.3) is 0 Å². The summed E-state index contributed by atoms with van der Waals surface area (Å²) in [5, 5.41) is 0. The van der Waals surface area contributed by atoms with Crippen molar-refractivity contribution in [3.05, 3.63) is 24.3 Å². The van der Waals surface area contributed by atoms with Crippen LogP contribution in [-0.2, 0) is 10.8 Å². The van der Waals surface area contributed by atoms with Crippen molar-refractivity contribution in [3.8, 4) is 5.75 Å². The molecule has 1 aliphatic carbocycles. The molecule has 0 radical (unpaired) electrons. The van der Waals surface area contributed by atoms with Gasteiger partial charge >= 0.3 is 0 Å². The number of rotatable bonds is 7. The number of anilines is 1. The summed E-state index contributed by atoms with van der Waals surface area (Å²) in [5.74, 6) is 3.13. The molecule has 3 nitrogen and oxygen atoms in total. The lowest BCUT2D eigenvalue weighted by Crippen LogP contribution is -2.12. The Morgan fingerprint density at radius 1 is 1.32 bits per heavy atom. The van der Waals surface area contributed by atoms with Crippen molar-refractivity contribution in [2.75, 3.05) is 23.8 Å². The van der Waals surface area contributed by atoms with Crippen LogP contribution in [0.3, 0.4) is 0 Å². The van der Waals surface area contributed by atoms with Crippen LogP contribution in [0, 0.1) is 5.92 Å². The van der Waals surface area contributed by atoms with E-state index in [0.29, 0.717) is 18.2 Å². The highest BCUT2D eigenvalue weighted by Crippen LogP contribution is 2.25. The van der Waals surface area contributed by atoms with E-state index in [1.54, 1.807) is 0 Å². The number of nitrogens with two attached hydrogens (primary N) is 1. The summed E-state index contributed by atoms with van der Waals surface area (Å²) in [6, 6.07) is 7.42. The van der Waals surface area contributed by atoms with Crippen molar-refractivity contribution >= 4 is 16.5 Å². The molecular weight excluding hydrogens is 258 g/mol. The van der Waals surface area contributed by atoms with Gasteiger partial charge in [0.2, 0.25) is 0 Å². The minimum atomic E-state index is -0.677. The fourth-order valence-corrected chi connectivity index (χ4v) is 4.00. The van der Waals surface area contributed by atoms with E-state index >= 15 is 0 Å². The second-order valence-electron chi connectivity index (χ2n) is 5.24. The molecule has 1 fully saturated rings. The van der Waals surface area contributed by atoms with Crippen molar-refractivity contribution in [3.63, 3.8) is 0 Å². The zero-order valence-electron chi connectivity index (χ0n) is 11.3. The Morgan fingerprint density at radius 2 is 2.11 bits per heavy atom. The Labute approximate surface area is 118 Å². The number of benzene rings is 1. The van der Waals surface area contributed by atoms with Crippen molar-refractivity contribution in [1.82, 2.24) is 0 Å². The van der Waals surface area contributed by atoms with Crippen LogP contribution >= 0.6 is 0 Å². The SMILES string of the molecule is Nc1cccc(OCCCS(=O)CC2CCCC2)c1. The smallest absolute Gasteiger partial charge is 0.121 e. The van der Waals surface area contributed by atoms with Crippen LogP contribution in [-0.4, -0.2) is 22.3 Å². The molecule has 1 saturated carbocycles. The van der Waals surface area contributed by atoms with Crippen LogP contribution in [0.5, 0.6) is 5.75 Å². The molecule has 0 heterocycles. The van der Waals surface area contributed by atoms with Crippen LogP contribution in [0.2, 0.25) is 0 Å². The summed E-state index contributed by atoms with van der Waals surface area (Å²) in [7, 11) is -0.677. The molecular formula is C15H23NO2S. The molecule has 4 heteroatoms. The van der Waals surface area contributed by atoms with Gasteiger partial charge < -0.3 is 10.5 Å². The summed E-state index contributed by atoms with van der Waals surface area (Å²) in [4.78, 5) is 0. The Hall–Kier alpha value is -1.03. The Balaban J connectivity index is 1.59. The predicted molar refractivity (Wildman–Crippen MR) is 80.8 cm³/mol. The average Bonchev–Trinajstić information content (AvgIpc) is 2.87. The molecule has 1 aromatic rings. The highest BCUT2D eigenvalue weighted by Gasteiger charge is 2.17. The Kier molecular flexibility index (Phi) is 5.70. The maximum absolute atomic E-state index is 11.9. The van der Waals surface area contributed by atoms with Gasteiger partial charge in [0.1, 0.15) is 5.75 Å². The third kappa shape index (κ3) is 5.23. The van der Waals surface area contributed by atoms with Crippen molar-refractivity contribution in [2.24, 2.45) is 5.92 Å². The van der Waals surface area contributed by atoms with E-state index in [2.05, 4.69) is 0 Å².